The summed E-state index contributed by atoms with van der Waals surface area (Å²) in [7, 11) is 0. The Labute approximate surface area is 194 Å². The van der Waals surface area contributed by atoms with Gasteiger partial charge in [-0.05, 0) is 61.7 Å². The van der Waals surface area contributed by atoms with E-state index in [0.29, 0.717) is 39.8 Å². The first-order valence-electron chi connectivity index (χ1n) is 10.3. The maximum absolute atomic E-state index is 14.3. The molecule has 3 aromatic rings. The molecule has 1 aromatic heterocycles. The number of nitrogens with zero attached hydrogens (tertiary/aromatic N) is 1. The van der Waals surface area contributed by atoms with E-state index < -0.39 is 11.6 Å². The standard InChI is InChI=1S/C25H23F3N4S/c1-4-30-20-12-21(17-11-15(26)6-8-18(17)27)33-24(20)25(29)31-10-9-16-14(3)32-23-19(28)7-5-13(2)22(16)23/h4-8,11-12,31-32H,1,9-10,29H2,2-3H3/b25-24-,30-20-. The Kier molecular flexibility index (Phi) is 6.37. The van der Waals surface area contributed by atoms with Gasteiger partial charge in [0.15, 0.2) is 0 Å². The number of nitrogens with two attached hydrogens (primary N) is 1. The van der Waals surface area contributed by atoms with E-state index in [-0.39, 0.29) is 11.4 Å². The van der Waals surface area contributed by atoms with Crippen LogP contribution in [0.5, 0.6) is 0 Å². The summed E-state index contributed by atoms with van der Waals surface area (Å²) >= 11 is 1.21. The van der Waals surface area contributed by atoms with Crippen molar-refractivity contribution < 1.29 is 13.2 Å². The predicted octanol–water partition coefficient (Wildman–Crippen LogP) is 5.83. The number of nitrogens with one attached hydrogen (secondary N) is 2. The number of allylic oxidation sites excluding steroid dienone is 2. The average Bonchev–Trinajstić information content (AvgIpc) is 3.35. The van der Waals surface area contributed by atoms with E-state index in [2.05, 4.69) is 21.9 Å². The summed E-state index contributed by atoms with van der Waals surface area (Å²) < 4.78 is 42.2. The topological polar surface area (TPSA) is 66.2 Å². The van der Waals surface area contributed by atoms with Gasteiger partial charge in [-0.3, -0.25) is 4.99 Å². The number of halogens is 3. The van der Waals surface area contributed by atoms with Gasteiger partial charge in [0.25, 0.3) is 0 Å². The molecule has 2 aromatic carbocycles. The van der Waals surface area contributed by atoms with Crippen LogP contribution in [0.1, 0.15) is 22.4 Å². The summed E-state index contributed by atoms with van der Waals surface area (Å²) in [6, 6.07) is 6.54. The van der Waals surface area contributed by atoms with Crippen molar-refractivity contribution >= 4 is 33.3 Å². The van der Waals surface area contributed by atoms with Gasteiger partial charge in [0.05, 0.1) is 16.1 Å². The fourth-order valence-corrected chi connectivity index (χ4v) is 5.00. The Balaban J connectivity index is 1.56. The van der Waals surface area contributed by atoms with Crippen LogP contribution in [-0.2, 0) is 6.42 Å². The number of H-pyrrole nitrogens is 1. The van der Waals surface area contributed by atoms with E-state index in [1.54, 1.807) is 12.1 Å². The molecule has 0 atom stereocenters. The largest absolute Gasteiger partial charge is 0.385 e. The highest BCUT2D eigenvalue weighted by atomic mass is 32.2. The van der Waals surface area contributed by atoms with Crippen molar-refractivity contribution in [3.05, 3.63) is 99.7 Å². The number of benzene rings is 2. The van der Waals surface area contributed by atoms with Gasteiger partial charge in [-0.2, -0.15) is 0 Å². The van der Waals surface area contributed by atoms with Gasteiger partial charge in [-0.25, -0.2) is 13.2 Å². The Hall–Kier alpha value is -3.39. The van der Waals surface area contributed by atoms with Crippen LogP contribution in [0.3, 0.4) is 0 Å². The molecule has 4 rings (SSSR count). The van der Waals surface area contributed by atoms with Gasteiger partial charge in [-0.1, -0.05) is 24.4 Å². The molecule has 1 aliphatic heterocycles. The van der Waals surface area contributed by atoms with Crippen molar-refractivity contribution in [1.82, 2.24) is 10.3 Å². The molecular weight excluding hydrogens is 445 g/mol. The summed E-state index contributed by atoms with van der Waals surface area (Å²) in [5, 5.41) is 4.07. The number of aromatic amines is 1. The molecular formula is C25H23F3N4S. The van der Waals surface area contributed by atoms with Crippen molar-refractivity contribution in [2.24, 2.45) is 10.7 Å². The quantitative estimate of drug-likeness (QED) is 0.426. The highest BCUT2D eigenvalue weighted by Gasteiger charge is 2.24. The number of hydrogen-bond donors (Lipinski definition) is 3. The Morgan fingerprint density at radius 3 is 2.70 bits per heavy atom. The lowest BCUT2D eigenvalue weighted by Crippen LogP contribution is -2.25. The number of aliphatic imine (C=N–C) groups is 1. The third-order valence-electron chi connectivity index (χ3n) is 5.50. The van der Waals surface area contributed by atoms with Crippen LogP contribution in [0.25, 0.3) is 15.8 Å². The lowest BCUT2D eigenvalue weighted by Gasteiger charge is -2.11. The van der Waals surface area contributed by atoms with E-state index in [4.69, 9.17) is 5.73 Å². The predicted molar refractivity (Wildman–Crippen MR) is 130 cm³/mol. The van der Waals surface area contributed by atoms with Gasteiger partial charge in [0.2, 0.25) is 0 Å². The summed E-state index contributed by atoms with van der Waals surface area (Å²) in [6.07, 6.45) is 3.64. The van der Waals surface area contributed by atoms with Crippen molar-refractivity contribution in [2.45, 2.75) is 20.3 Å². The lowest BCUT2D eigenvalue weighted by molar-refractivity contribution is 0.597. The summed E-state index contributed by atoms with van der Waals surface area (Å²) in [4.78, 5) is 8.47. The first-order valence-corrected chi connectivity index (χ1v) is 11.2. The number of aryl methyl sites for hydroxylation is 2. The molecule has 0 amide bonds. The molecule has 0 radical (unpaired) electrons. The zero-order chi connectivity index (χ0) is 23.7. The van der Waals surface area contributed by atoms with E-state index in [0.717, 1.165) is 40.4 Å². The van der Waals surface area contributed by atoms with E-state index in [1.165, 1.54) is 24.0 Å². The molecule has 4 N–H and O–H groups in total. The van der Waals surface area contributed by atoms with Gasteiger partial charge in [0, 0.05) is 34.3 Å². The molecule has 0 unspecified atom stereocenters. The van der Waals surface area contributed by atoms with E-state index in [9.17, 15) is 13.2 Å². The highest BCUT2D eigenvalue weighted by molar-refractivity contribution is 8.13. The van der Waals surface area contributed by atoms with Crippen molar-refractivity contribution in [3.63, 3.8) is 0 Å². The smallest absolute Gasteiger partial charge is 0.147 e. The van der Waals surface area contributed by atoms with Crippen LogP contribution in [-0.4, -0.2) is 17.2 Å². The lowest BCUT2D eigenvalue weighted by atomic mass is 10.0. The minimum absolute atomic E-state index is 0.145. The molecule has 0 saturated heterocycles. The van der Waals surface area contributed by atoms with Gasteiger partial charge >= 0.3 is 0 Å². The minimum Gasteiger partial charge on any atom is -0.385 e. The van der Waals surface area contributed by atoms with Crippen LogP contribution < -0.4 is 11.1 Å². The molecule has 4 nitrogen and oxygen atoms in total. The Bertz CT molecular complexity index is 1350. The fourth-order valence-electron chi connectivity index (χ4n) is 3.95. The highest BCUT2D eigenvalue weighted by Crippen LogP contribution is 2.42. The maximum Gasteiger partial charge on any atom is 0.147 e. The Morgan fingerprint density at radius 1 is 1.18 bits per heavy atom. The van der Waals surface area contributed by atoms with Crippen molar-refractivity contribution in [3.8, 4) is 0 Å². The summed E-state index contributed by atoms with van der Waals surface area (Å²) in [5.41, 5.74) is 10.4. The Morgan fingerprint density at radius 2 is 1.94 bits per heavy atom. The van der Waals surface area contributed by atoms with E-state index >= 15 is 0 Å². The second kappa shape index (κ2) is 9.23. The average molecular weight is 469 g/mol. The van der Waals surface area contributed by atoms with Crippen molar-refractivity contribution in [1.29, 1.82) is 0 Å². The third kappa shape index (κ3) is 4.43. The molecule has 2 heterocycles. The molecule has 0 saturated carbocycles. The third-order valence-corrected chi connectivity index (χ3v) is 6.69. The molecule has 8 heteroatoms. The monoisotopic (exact) mass is 468 g/mol. The molecule has 0 aliphatic carbocycles. The van der Waals surface area contributed by atoms with Gasteiger partial charge < -0.3 is 16.0 Å². The fraction of sp³-hybridized carbons (Fsp3) is 0.160. The first-order chi connectivity index (χ1) is 15.8. The maximum atomic E-state index is 14.3. The number of fused-ring (bicyclic) bond motifs is 1. The molecule has 33 heavy (non-hydrogen) atoms. The second-order valence-corrected chi connectivity index (χ2v) is 8.75. The van der Waals surface area contributed by atoms with Gasteiger partial charge in [0.1, 0.15) is 23.3 Å². The van der Waals surface area contributed by atoms with Crippen LogP contribution >= 0.6 is 11.8 Å². The minimum atomic E-state index is -0.529. The zero-order valence-corrected chi connectivity index (χ0v) is 19.0. The zero-order valence-electron chi connectivity index (χ0n) is 18.2. The summed E-state index contributed by atoms with van der Waals surface area (Å²) in [5.74, 6) is -0.975. The van der Waals surface area contributed by atoms with Gasteiger partial charge in [-0.15, -0.1) is 0 Å². The number of hydrogen-bond acceptors (Lipinski definition) is 4. The van der Waals surface area contributed by atoms with Crippen LogP contribution in [0.2, 0.25) is 0 Å². The SMILES string of the molecule is C=C/N=C1/C=C(c2cc(F)ccc2F)S/C1=C(/N)NCCc1c(C)[nH]c2c(F)ccc(C)c12. The molecule has 1 aliphatic rings. The molecule has 0 bridgehead atoms. The van der Waals surface area contributed by atoms with Crippen LogP contribution in [0.15, 0.2) is 64.9 Å². The molecule has 170 valence electrons. The van der Waals surface area contributed by atoms with Crippen molar-refractivity contribution in [2.75, 3.05) is 6.54 Å². The number of thioether (sulfide) groups is 1. The van der Waals surface area contributed by atoms with Crippen LogP contribution in [0.4, 0.5) is 13.2 Å². The normalized spacial score (nSPS) is 16.4. The summed E-state index contributed by atoms with van der Waals surface area (Å²) in [6.45, 7) is 7.98. The second-order valence-electron chi connectivity index (χ2n) is 7.69. The first kappa shape index (κ1) is 22.8. The molecule has 0 spiro atoms. The van der Waals surface area contributed by atoms with E-state index in [1.807, 2.05) is 13.8 Å². The number of aromatic nitrogens is 1. The van der Waals surface area contributed by atoms with Crippen LogP contribution in [0, 0.1) is 31.3 Å². The molecule has 0 fully saturated rings. The number of rotatable bonds is 6.